The molecule has 150 valence electrons. The van der Waals surface area contributed by atoms with Crippen LogP contribution in [0.1, 0.15) is 10.4 Å². The number of carboxylic acid groups (broad SMARTS) is 1. The lowest BCUT2D eigenvalue weighted by atomic mass is 10.1. The molecule has 29 heavy (non-hydrogen) atoms. The van der Waals surface area contributed by atoms with E-state index in [1.807, 2.05) is 0 Å². The molecule has 3 aromatic rings. The fourth-order valence-corrected chi connectivity index (χ4v) is 3.32. The molecule has 10 heteroatoms. The summed E-state index contributed by atoms with van der Waals surface area (Å²) >= 11 is 0. The molecule has 1 fully saturated rings. The first kappa shape index (κ1) is 18.9. The van der Waals surface area contributed by atoms with Crippen molar-refractivity contribution in [3.8, 4) is 5.69 Å². The van der Waals surface area contributed by atoms with E-state index in [0.29, 0.717) is 26.2 Å². The zero-order valence-electron chi connectivity index (χ0n) is 15.0. The largest absolute Gasteiger partial charge is 0.477 e. The first-order valence-corrected chi connectivity index (χ1v) is 8.77. The number of fused-ring (bicyclic) bond motifs is 1. The average Bonchev–Trinajstić information content (AvgIpc) is 2.70. The number of carboxylic acids is 1. The Morgan fingerprint density at radius 2 is 1.83 bits per heavy atom. The van der Waals surface area contributed by atoms with E-state index in [1.54, 1.807) is 4.90 Å². The van der Waals surface area contributed by atoms with E-state index in [1.165, 1.54) is 0 Å². The third-order valence-corrected chi connectivity index (χ3v) is 4.73. The Bertz CT molecular complexity index is 1190. The zero-order valence-corrected chi connectivity index (χ0v) is 15.0. The minimum absolute atomic E-state index is 0.0490. The molecule has 1 aromatic carbocycles. The van der Waals surface area contributed by atoms with Gasteiger partial charge in [-0.2, -0.15) is 0 Å². The number of hydrogen-bond acceptors (Lipinski definition) is 5. The molecule has 1 saturated heterocycles. The quantitative estimate of drug-likeness (QED) is 0.694. The number of nitrogens with one attached hydrogen (secondary N) is 1. The zero-order chi connectivity index (χ0) is 20.7. The van der Waals surface area contributed by atoms with Gasteiger partial charge in [0.15, 0.2) is 17.3 Å². The number of carbonyl (C=O) groups is 1. The molecule has 0 amide bonds. The second kappa shape index (κ2) is 7.21. The van der Waals surface area contributed by atoms with Crippen LogP contribution in [0.25, 0.3) is 16.7 Å². The van der Waals surface area contributed by atoms with Gasteiger partial charge in [-0.3, -0.25) is 9.36 Å². The summed E-state index contributed by atoms with van der Waals surface area (Å²) < 4.78 is 43.9. The topological polar surface area (TPSA) is 87.5 Å². The Kier molecular flexibility index (Phi) is 4.71. The summed E-state index contributed by atoms with van der Waals surface area (Å²) in [5, 5.41) is 12.1. The molecule has 0 radical (unpaired) electrons. The number of piperazine rings is 1. The van der Waals surface area contributed by atoms with Crippen LogP contribution >= 0.6 is 0 Å². The average molecular weight is 404 g/mol. The van der Waals surface area contributed by atoms with E-state index < -0.39 is 34.4 Å². The number of rotatable bonds is 3. The maximum absolute atomic E-state index is 14.7. The highest BCUT2D eigenvalue weighted by molar-refractivity contribution is 5.92. The first-order chi connectivity index (χ1) is 13.9. The number of hydrogen-bond donors (Lipinski definition) is 2. The monoisotopic (exact) mass is 404 g/mol. The minimum Gasteiger partial charge on any atom is -0.477 e. The third kappa shape index (κ3) is 3.31. The summed E-state index contributed by atoms with van der Waals surface area (Å²) in [6.07, 6.45) is 0.872. The Labute approximate surface area is 162 Å². The smallest absolute Gasteiger partial charge is 0.341 e. The van der Waals surface area contributed by atoms with Crippen molar-refractivity contribution in [2.75, 3.05) is 31.1 Å². The van der Waals surface area contributed by atoms with Gasteiger partial charge in [0, 0.05) is 38.4 Å². The summed E-state index contributed by atoms with van der Waals surface area (Å²) in [5.74, 6) is -4.05. The number of aromatic nitrogens is 2. The Morgan fingerprint density at radius 1 is 1.10 bits per heavy atom. The standard InChI is InChI=1S/C19H15F3N4O3/c20-10-1-2-13(21)15(7-10)26-9-12(19(28)29)16(27)11-8-14(22)18(24-17(11)26)25-5-3-23-4-6-25/h1-2,7-9,23H,3-6H2,(H,28,29). The predicted molar refractivity (Wildman–Crippen MR) is 99.3 cm³/mol. The van der Waals surface area contributed by atoms with E-state index >= 15 is 0 Å². The van der Waals surface area contributed by atoms with E-state index in [4.69, 9.17) is 0 Å². The van der Waals surface area contributed by atoms with Gasteiger partial charge in [-0.15, -0.1) is 0 Å². The highest BCUT2D eigenvalue weighted by Crippen LogP contribution is 2.25. The van der Waals surface area contributed by atoms with Crippen molar-refractivity contribution in [1.29, 1.82) is 0 Å². The second-order valence-corrected chi connectivity index (χ2v) is 6.54. The van der Waals surface area contributed by atoms with Gasteiger partial charge in [0.25, 0.3) is 0 Å². The van der Waals surface area contributed by atoms with E-state index in [0.717, 1.165) is 35.0 Å². The lowest BCUT2D eigenvalue weighted by Gasteiger charge is -2.29. The van der Waals surface area contributed by atoms with Crippen LogP contribution in [0.2, 0.25) is 0 Å². The molecule has 0 spiro atoms. The first-order valence-electron chi connectivity index (χ1n) is 8.77. The van der Waals surface area contributed by atoms with Crippen molar-refractivity contribution in [3.05, 3.63) is 63.7 Å². The van der Waals surface area contributed by atoms with Crippen LogP contribution in [0, 0.1) is 17.5 Å². The summed E-state index contributed by atoms with van der Waals surface area (Å²) in [6, 6.07) is 3.51. The fraction of sp³-hybridized carbons (Fsp3) is 0.211. The Balaban J connectivity index is 2.06. The van der Waals surface area contributed by atoms with E-state index in [-0.39, 0.29) is 22.5 Å². The van der Waals surface area contributed by atoms with Crippen LogP contribution in [0.4, 0.5) is 19.0 Å². The number of benzene rings is 1. The Morgan fingerprint density at radius 3 is 2.52 bits per heavy atom. The highest BCUT2D eigenvalue weighted by atomic mass is 19.1. The van der Waals surface area contributed by atoms with Gasteiger partial charge in [0.2, 0.25) is 5.43 Å². The normalized spacial score (nSPS) is 14.4. The van der Waals surface area contributed by atoms with Crippen molar-refractivity contribution in [1.82, 2.24) is 14.9 Å². The molecular formula is C19H15F3N4O3. The van der Waals surface area contributed by atoms with Crippen molar-refractivity contribution < 1.29 is 23.1 Å². The van der Waals surface area contributed by atoms with Gasteiger partial charge >= 0.3 is 5.97 Å². The third-order valence-electron chi connectivity index (χ3n) is 4.73. The molecule has 2 aromatic heterocycles. The summed E-state index contributed by atoms with van der Waals surface area (Å²) in [7, 11) is 0. The van der Waals surface area contributed by atoms with Crippen LogP contribution in [-0.4, -0.2) is 46.8 Å². The fourth-order valence-electron chi connectivity index (χ4n) is 3.32. The van der Waals surface area contributed by atoms with Crippen molar-refractivity contribution in [2.24, 2.45) is 0 Å². The number of nitrogens with zero attached hydrogens (tertiary/aromatic N) is 3. The summed E-state index contributed by atoms with van der Waals surface area (Å²) in [4.78, 5) is 29.9. The van der Waals surface area contributed by atoms with Crippen LogP contribution < -0.4 is 15.6 Å². The van der Waals surface area contributed by atoms with Gasteiger partial charge in [-0.1, -0.05) is 0 Å². The number of pyridine rings is 2. The molecule has 0 unspecified atom stereocenters. The van der Waals surface area contributed by atoms with E-state index in [9.17, 15) is 27.9 Å². The van der Waals surface area contributed by atoms with Gasteiger partial charge in [0.05, 0.1) is 11.1 Å². The molecule has 4 rings (SSSR count). The van der Waals surface area contributed by atoms with Crippen LogP contribution in [0.15, 0.2) is 35.3 Å². The van der Waals surface area contributed by atoms with Gasteiger partial charge in [0.1, 0.15) is 17.2 Å². The summed E-state index contributed by atoms with van der Waals surface area (Å²) in [6.45, 7) is 2.12. The molecule has 0 aliphatic carbocycles. The van der Waals surface area contributed by atoms with Crippen molar-refractivity contribution in [3.63, 3.8) is 0 Å². The molecule has 1 aliphatic heterocycles. The SMILES string of the molecule is O=C(O)c1cn(-c2cc(F)ccc2F)c2nc(N3CCNCC3)c(F)cc2c1=O. The van der Waals surface area contributed by atoms with Gasteiger partial charge in [-0.05, 0) is 18.2 Å². The predicted octanol–water partition coefficient (Wildman–Crippen LogP) is 1.91. The number of aromatic carboxylic acids is 1. The second-order valence-electron chi connectivity index (χ2n) is 6.54. The maximum Gasteiger partial charge on any atom is 0.341 e. The molecule has 3 heterocycles. The lowest BCUT2D eigenvalue weighted by molar-refractivity contribution is 0.0695. The highest BCUT2D eigenvalue weighted by Gasteiger charge is 2.23. The van der Waals surface area contributed by atoms with Crippen LogP contribution in [-0.2, 0) is 0 Å². The Hall–Kier alpha value is -3.40. The summed E-state index contributed by atoms with van der Waals surface area (Å²) in [5.41, 5.74) is -2.18. The number of halogens is 3. The molecular weight excluding hydrogens is 389 g/mol. The van der Waals surface area contributed by atoms with Gasteiger partial charge in [-0.25, -0.2) is 22.9 Å². The van der Waals surface area contributed by atoms with Gasteiger partial charge < -0.3 is 15.3 Å². The molecule has 0 bridgehead atoms. The van der Waals surface area contributed by atoms with Crippen LogP contribution in [0.5, 0.6) is 0 Å². The maximum atomic E-state index is 14.7. The van der Waals surface area contributed by atoms with E-state index in [2.05, 4.69) is 10.3 Å². The molecule has 0 saturated carbocycles. The lowest BCUT2D eigenvalue weighted by Crippen LogP contribution is -2.44. The number of anilines is 1. The van der Waals surface area contributed by atoms with Crippen molar-refractivity contribution in [2.45, 2.75) is 0 Å². The minimum atomic E-state index is -1.57. The molecule has 7 nitrogen and oxygen atoms in total. The van der Waals surface area contributed by atoms with Crippen LogP contribution in [0.3, 0.4) is 0 Å². The molecule has 0 atom stereocenters. The molecule has 1 aliphatic rings. The van der Waals surface area contributed by atoms with Crippen molar-refractivity contribution >= 4 is 22.8 Å². The molecule has 2 N–H and O–H groups in total.